The molecule has 368 valence electrons. The molecule has 1 saturated heterocycles. The number of carbonyl (C=O) groups is 1. The fourth-order valence-electron chi connectivity index (χ4n) is 7.83. The number of carbonyl (C=O) groups excluding carboxylic acids is 1. The molecule has 0 aliphatic carbocycles. The SMILES string of the molecule is CCCC/C=C\C/C=C\CCCCCCCCOCC(COC1OC(CO)C(O)C(O)C1O)OC(=O)CCCCCCCCCCCCCCC/C=C\C/C=C\CCCCCCC. The minimum Gasteiger partial charge on any atom is -0.457 e. The first kappa shape index (κ1) is 59.2. The molecule has 6 atom stereocenters. The van der Waals surface area contributed by atoms with Crippen molar-refractivity contribution in [2.45, 2.75) is 263 Å². The van der Waals surface area contributed by atoms with Crippen LogP contribution in [0.2, 0.25) is 0 Å². The summed E-state index contributed by atoms with van der Waals surface area (Å²) in [5, 5.41) is 40.2. The third kappa shape index (κ3) is 36.0. The summed E-state index contributed by atoms with van der Waals surface area (Å²) in [5.74, 6) is -0.317. The first-order chi connectivity index (χ1) is 30.9. The lowest BCUT2D eigenvalue weighted by atomic mass is 9.99. The van der Waals surface area contributed by atoms with Crippen molar-refractivity contribution >= 4 is 5.97 Å². The van der Waals surface area contributed by atoms with Crippen LogP contribution in [0.5, 0.6) is 0 Å². The number of esters is 1. The Kier molecular flexibility index (Phi) is 42.6. The Morgan fingerprint density at radius 3 is 1.41 bits per heavy atom. The lowest BCUT2D eigenvalue weighted by molar-refractivity contribution is -0.305. The Labute approximate surface area is 386 Å². The molecular formula is C54H98O9. The highest BCUT2D eigenvalue weighted by Crippen LogP contribution is 2.23. The van der Waals surface area contributed by atoms with Crippen LogP contribution in [0.3, 0.4) is 0 Å². The summed E-state index contributed by atoms with van der Waals surface area (Å²) in [5.41, 5.74) is 0. The molecule has 4 N–H and O–H groups in total. The third-order valence-electron chi connectivity index (χ3n) is 12.0. The second kappa shape index (κ2) is 45.3. The zero-order valence-electron chi connectivity index (χ0n) is 40.6. The average molecular weight is 891 g/mol. The minimum absolute atomic E-state index is 0.118. The van der Waals surface area contributed by atoms with Crippen molar-refractivity contribution < 1.29 is 44.2 Å². The summed E-state index contributed by atoms with van der Waals surface area (Å²) in [6.45, 7) is 4.50. The van der Waals surface area contributed by atoms with Gasteiger partial charge in [-0.3, -0.25) is 4.79 Å². The molecule has 0 aromatic heterocycles. The summed E-state index contributed by atoms with van der Waals surface area (Å²) in [6, 6.07) is 0. The van der Waals surface area contributed by atoms with Crippen molar-refractivity contribution in [3.05, 3.63) is 48.6 Å². The first-order valence-corrected chi connectivity index (χ1v) is 26.2. The van der Waals surface area contributed by atoms with Crippen molar-refractivity contribution in [3.8, 4) is 0 Å². The van der Waals surface area contributed by atoms with E-state index in [9.17, 15) is 25.2 Å². The van der Waals surface area contributed by atoms with Crippen molar-refractivity contribution in [1.82, 2.24) is 0 Å². The van der Waals surface area contributed by atoms with Gasteiger partial charge in [-0.25, -0.2) is 0 Å². The predicted octanol–water partition coefficient (Wildman–Crippen LogP) is 12.9. The van der Waals surface area contributed by atoms with E-state index < -0.39 is 43.4 Å². The highest BCUT2D eigenvalue weighted by molar-refractivity contribution is 5.69. The number of unbranched alkanes of at least 4 members (excludes halogenated alkanes) is 26. The number of aliphatic hydroxyl groups is 4. The van der Waals surface area contributed by atoms with Gasteiger partial charge in [0.15, 0.2) is 6.29 Å². The van der Waals surface area contributed by atoms with E-state index in [-0.39, 0.29) is 19.2 Å². The molecule has 1 aliphatic heterocycles. The van der Waals surface area contributed by atoms with Gasteiger partial charge in [0.2, 0.25) is 0 Å². The standard InChI is InChI=1S/C54H98O9/c1-3-5-7-9-11-13-15-17-19-20-21-22-23-24-25-26-27-28-29-31-33-35-37-39-41-43-50(56)62-48(47-61-54-53(59)52(58)51(57)49(45-55)63-54)46-60-44-42-40-38-36-34-32-30-18-16-14-12-10-8-6-4-2/h10,12,15-18,20-21,48-49,51-55,57-59H,3-9,11,13-14,19,22-47H2,1-2H3/b12-10-,17-15-,18-16-,21-20-. The van der Waals surface area contributed by atoms with Gasteiger partial charge in [-0.2, -0.15) is 0 Å². The largest absolute Gasteiger partial charge is 0.457 e. The molecule has 1 heterocycles. The van der Waals surface area contributed by atoms with E-state index in [1.54, 1.807) is 0 Å². The van der Waals surface area contributed by atoms with E-state index in [0.29, 0.717) is 13.0 Å². The molecule has 0 radical (unpaired) electrons. The van der Waals surface area contributed by atoms with Crippen molar-refractivity contribution in [3.63, 3.8) is 0 Å². The molecule has 0 amide bonds. The Balaban J connectivity index is 2.17. The first-order valence-electron chi connectivity index (χ1n) is 26.2. The summed E-state index contributed by atoms with van der Waals surface area (Å²) < 4.78 is 22.9. The predicted molar refractivity (Wildman–Crippen MR) is 261 cm³/mol. The number of aliphatic hydroxyl groups excluding tert-OH is 4. The van der Waals surface area contributed by atoms with Crippen LogP contribution >= 0.6 is 0 Å². The van der Waals surface area contributed by atoms with E-state index in [1.165, 1.54) is 148 Å². The molecule has 0 bridgehead atoms. The summed E-state index contributed by atoms with van der Waals surface area (Å²) >= 11 is 0. The molecule has 0 aromatic rings. The number of ether oxygens (including phenoxy) is 4. The number of allylic oxidation sites excluding steroid dienone is 8. The van der Waals surface area contributed by atoms with Gasteiger partial charge in [-0.15, -0.1) is 0 Å². The van der Waals surface area contributed by atoms with Crippen molar-refractivity contribution in [1.29, 1.82) is 0 Å². The molecule has 1 fully saturated rings. The van der Waals surface area contributed by atoms with Crippen LogP contribution in [-0.2, 0) is 23.7 Å². The van der Waals surface area contributed by atoms with Crippen LogP contribution in [0.25, 0.3) is 0 Å². The molecule has 9 heteroatoms. The average Bonchev–Trinajstić information content (AvgIpc) is 3.28. The van der Waals surface area contributed by atoms with Gasteiger partial charge in [-0.05, 0) is 70.6 Å². The molecular weight excluding hydrogens is 793 g/mol. The summed E-state index contributed by atoms with van der Waals surface area (Å²) in [7, 11) is 0. The number of hydrogen-bond acceptors (Lipinski definition) is 9. The van der Waals surface area contributed by atoms with E-state index in [0.717, 1.165) is 57.8 Å². The van der Waals surface area contributed by atoms with Gasteiger partial charge in [0.25, 0.3) is 0 Å². The number of hydrogen-bond donors (Lipinski definition) is 4. The van der Waals surface area contributed by atoms with Crippen LogP contribution in [0.15, 0.2) is 48.6 Å². The van der Waals surface area contributed by atoms with Gasteiger partial charge in [0.05, 0.1) is 19.8 Å². The van der Waals surface area contributed by atoms with Crippen LogP contribution in [-0.4, -0.2) is 89.6 Å². The van der Waals surface area contributed by atoms with E-state index >= 15 is 0 Å². The highest BCUT2D eigenvalue weighted by Gasteiger charge is 2.44. The molecule has 0 saturated carbocycles. The van der Waals surface area contributed by atoms with Crippen LogP contribution in [0.1, 0.15) is 226 Å². The van der Waals surface area contributed by atoms with Gasteiger partial charge in [0, 0.05) is 13.0 Å². The second-order valence-electron chi connectivity index (χ2n) is 18.0. The zero-order valence-corrected chi connectivity index (χ0v) is 40.6. The lowest BCUT2D eigenvalue weighted by Crippen LogP contribution is -2.59. The Hall–Kier alpha value is -1.85. The van der Waals surface area contributed by atoms with Gasteiger partial charge in [-0.1, -0.05) is 197 Å². The minimum atomic E-state index is -1.54. The summed E-state index contributed by atoms with van der Waals surface area (Å²) in [4.78, 5) is 12.8. The smallest absolute Gasteiger partial charge is 0.306 e. The molecule has 1 rings (SSSR count). The highest BCUT2D eigenvalue weighted by atomic mass is 16.7. The molecule has 63 heavy (non-hydrogen) atoms. The lowest BCUT2D eigenvalue weighted by Gasteiger charge is -2.39. The second-order valence-corrected chi connectivity index (χ2v) is 18.0. The topological polar surface area (TPSA) is 135 Å². The molecule has 0 aromatic carbocycles. The maximum Gasteiger partial charge on any atom is 0.306 e. The zero-order chi connectivity index (χ0) is 45.7. The monoisotopic (exact) mass is 891 g/mol. The van der Waals surface area contributed by atoms with Crippen molar-refractivity contribution in [2.75, 3.05) is 26.4 Å². The fraction of sp³-hybridized carbons (Fsp3) is 0.833. The van der Waals surface area contributed by atoms with Gasteiger partial charge in [0.1, 0.15) is 30.5 Å². The van der Waals surface area contributed by atoms with Gasteiger partial charge < -0.3 is 39.4 Å². The quantitative estimate of drug-likeness (QED) is 0.0268. The van der Waals surface area contributed by atoms with Crippen LogP contribution in [0.4, 0.5) is 0 Å². The van der Waals surface area contributed by atoms with Crippen LogP contribution in [0, 0.1) is 0 Å². The third-order valence-corrected chi connectivity index (χ3v) is 12.0. The van der Waals surface area contributed by atoms with E-state index in [2.05, 4.69) is 62.5 Å². The molecule has 9 nitrogen and oxygen atoms in total. The molecule has 0 spiro atoms. The maximum absolute atomic E-state index is 12.8. The molecule has 1 aliphatic rings. The van der Waals surface area contributed by atoms with E-state index in [1.807, 2.05) is 0 Å². The van der Waals surface area contributed by atoms with Crippen molar-refractivity contribution in [2.24, 2.45) is 0 Å². The maximum atomic E-state index is 12.8. The normalized spacial score (nSPS) is 20.0. The van der Waals surface area contributed by atoms with Crippen LogP contribution < -0.4 is 0 Å². The molecule has 6 unspecified atom stereocenters. The number of rotatable bonds is 45. The van der Waals surface area contributed by atoms with Gasteiger partial charge >= 0.3 is 5.97 Å². The fourth-order valence-corrected chi connectivity index (χ4v) is 7.83. The summed E-state index contributed by atoms with van der Waals surface area (Å²) in [6.07, 6.45) is 50.0. The van der Waals surface area contributed by atoms with E-state index in [4.69, 9.17) is 18.9 Å². The Morgan fingerprint density at radius 2 is 0.937 bits per heavy atom. The Bertz CT molecular complexity index is 1100. The Morgan fingerprint density at radius 1 is 0.508 bits per heavy atom.